The molecule has 0 atom stereocenters. The topological polar surface area (TPSA) is 38.3 Å². The number of hydrogen-bond donors (Lipinski definition) is 1. The van der Waals surface area contributed by atoms with E-state index in [2.05, 4.69) is 41.8 Å². The third-order valence-electron chi connectivity index (χ3n) is 3.96. The summed E-state index contributed by atoms with van der Waals surface area (Å²) < 4.78 is 6.93. The lowest BCUT2D eigenvalue weighted by Gasteiger charge is -2.36. The molecule has 19 heavy (non-hydrogen) atoms. The highest BCUT2D eigenvalue weighted by molar-refractivity contribution is 14.1. The Hall–Kier alpha value is 0.160. The van der Waals surface area contributed by atoms with Crippen LogP contribution in [0.25, 0.3) is 0 Å². The van der Waals surface area contributed by atoms with E-state index in [1.807, 2.05) is 0 Å². The van der Waals surface area contributed by atoms with Crippen molar-refractivity contribution in [2.24, 2.45) is 5.92 Å². The van der Waals surface area contributed by atoms with Gasteiger partial charge in [-0.25, -0.2) is 0 Å². The first-order valence-corrected chi connectivity index (χ1v) is 9.07. The molecule has 0 aromatic heterocycles. The van der Waals surface area contributed by atoms with E-state index in [-0.39, 0.29) is 11.6 Å². The van der Waals surface area contributed by atoms with Gasteiger partial charge in [-0.2, -0.15) is 0 Å². The number of carbonyl (C=O) groups is 1. The molecule has 1 aliphatic rings. The fourth-order valence-electron chi connectivity index (χ4n) is 2.66. The maximum Gasteiger partial charge on any atom is 0.306 e. The van der Waals surface area contributed by atoms with Crippen LogP contribution in [0.4, 0.5) is 0 Å². The van der Waals surface area contributed by atoms with E-state index in [0.29, 0.717) is 12.3 Å². The van der Waals surface area contributed by atoms with Gasteiger partial charge in [-0.3, -0.25) is 4.79 Å². The maximum atomic E-state index is 11.9. The van der Waals surface area contributed by atoms with Crippen molar-refractivity contribution < 1.29 is 9.53 Å². The van der Waals surface area contributed by atoms with Gasteiger partial charge >= 0.3 is 5.97 Å². The minimum Gasteiger partial charge on any atom is -0.459 e. The Labute approximate surface area is 131 Å². The number of halogens is 1. The number of alkyl halides is 1. The molecule has 0 bridgehead atoms. The molecular weight excluding hydrogens is 353 g/mol. The number of ether oxygens (including phenoxy) is 1. The molecule has 1 heterocycles. The van der Waals surface area contributed by atoms with Crippen LogP contribution in [0, 0.1) is 5.92 Å². The summed E-state index contributed by atoms with van der Waals surface area (Å²) in [6.07, 6.45) is 7.40. The van der Waals surface area contributed by atoms with Gasteiger partial charge in [0.2, 0.25) is 0 Å². The van der Waals surface area contributed by atoms with Crippen molar-refractivity contribution in [3.05, 3.63) is 0 Å². The predicted molar refractivity (Wildman–Crippen MR) is 87.7 cm³/mol. The molecule has 1 aliphatic heterocycles. The molecule has 1 saturated heterocycles. The highest BCUT2D eigenvalue weighted by Crippen LogP contribution is 2.29. The predicted octanol–water partition coefficient (Wildman–Crippen LogP) is 3.69. The molecule has 0 radical (unpaired) electrons. The fraction of sp³-hybridized carbons (Fsp3) is 0.933. The van der Waals surface area contributed by atoms with Crippen molar-refractivity contribution in [3.63, 3.8) is 0 Å². The number of esters is 1. The van der Waals surface area contributed by atoms with E-state index < -0.39 is 0 Å². The van der Waals surface area contributed by atoms with Crippen LogP contribution in [0.3, 0.4) is 0 Å². The number of piperidine rings is 1. The summed E-state index contributed by atoms with van der Waals surface area (Å²) in [4.78, 5) is 11.9. The molecule has 4 heteroatoms. The normalized spacial score (nSPS) is 17.4. The molecular formula is C15H28INO2. The zero-order valence-corrected chi connectivity index (χ0v) is 14.5. The van der Waals surface area contributed by atoms with Crippen molar-refractivity contribution in [1.29, 1.82) is 0 Å². The summed E-state index contributed by atoms with van der Waals surface area (Å²) in [5.74, 6) is 0.481. The molecule has 112 valence electrons. The minimum atomic E-state index is -0.304. The summed E-state index contributed by atoms with van der Waals surface area (Å²) in [5.41, 5.74) is -0.304. The third-order valence-corrected chi connectivity index (χ3v) is 4.73. The van der Waals surface area contributed by atoms with Gasteiger partial charge in [-0.05, 0) is 57.0 Å². The van der Waals surface area contributed by atoms with Gasteiger partial charge in [-0.15, -0.1) is 0 Å². The molecule has 0 aromatic carbocycles. The Kier molecular flexibility index (Phi) is 8.30. The lowest BCUT2D eigenvalue weighted by Crippen LogP contribution is -2.42. The molecule has 0 spiro atoms. The summed E-state index contributed by atoms with van der Waals surface area (Å²) in [6.45, 7) is 6.22. The number of rotatable bonds is 8. The lowest BCUT2D eigenvalue weighted by molar-refractivity contribution is -0.162. The first-order valence-electron chi connectivity index (χ1n) is 7.55. The molecule has 1 rings (SSSR count). The summed E-state index contributed by atoms with van der Waals surface area (Å²) >= 11 is 2.40. The highest BCUT2D eigenvalue weighted by Gasteiger charge is 2.33. The van der Waals surface area contributed by atoms with Crippen LogP contribution in [0.2, 0.25) is 0 Å². The average molecular weight is 381 g/mol. The van der Waals surface area contributed by atoms with Gasteiger partial charge in [0.15, 0.2) is 0 Å². The van der Waals surface area contributed by atoms with E-state index in [1.54, 1.807) is 0 Å². The molecule has 0 amide bonds. The monoisotopic (exact) mass is 381 g/mol. The maximum absolute atomic E-state index is 11.9. The zero-order chi connectivity index (χ0) is 14.1. The van der Waals surface area contributed by atoms with Crippen LogP contribution in [0.5, 0.6) is 0 Å². The Balaban J connectivity index is 2.21. The molecule has 3 nitrogen and oxygen atoms in total. The first kappa shape index (κ1) is 17.2. The van der Waals surface area contributed by atoms with Gasteiger partial charge in [0.05, 0.1) is 0 Å². The van der Waals surface area contributed by atoms with Crippen molar-refractivity contribution in [3.8, 4) is 0 Å². The Bertz CT molecular complexity index is 263. The second-order valence-electron chi connectivity index (χ2n) is 5.95. The SMILES string of the molecule is CC(C)(OC(=O)CCCCCCI)C1CCNCC1. The van der Waals surface area contributed by atoms with Crippen LogP contribution in [-0.2, 0) is 9.53 Å². The summed E-state index contributed by atoms with van der Waals surface area (Å²) in [7, 11) is 0. The lowest BCUT2D eigenvalue weighted by atomic mass is 9.83. The Morgan fingerprint density at radius 3 is 2.47 bits per heavy atom. The number of nitrogens with one attached hydrogen (secondary N) is 1. The van der Waals surface area contributed by atoms with Gasteiger partial charge < -0.3 is 10.1 Å². The van der Waals surface area contributed by atoms with Crippen molar-refractivity contribution in [2.45, 2.75) is 64.4 Å². The zero-order valence-electron chi connectivity index (χ0n) is 12.3. The van der Waals surface area contributed by atoms with Crippen LogP contribution in [0.1, 0.15) is 58.8 Å². The van der Waals surface area contributed by atoms with Gasteiger partial charge in [-0.1, -0.05) is 35.4 Å². The molecule has 0 aromatic rings. The standard InChI is InChI=1S/C15H28INO2/c1-15(2,13-8-11-17-12-9-13)19-14(18)7-5-3-4-6-10-16/h13,17H,3-12H2,1-2H3. The first-order chi connectivity index (χ1) is 9.06. The van der Waals surface area contributed by atoms with Crippen LogP contribution in [-0.4, -0.2) is 29.1 Å². The summed E-state index contributed by atoms with van der Waals surface area (Å²) in [5, 5.41) is 3.35. The van der Waals surface area contributed by atoms with E-state index in [4.69, 9.17) is 4.74 Å². The second-order valence-corrected chi connectivity index (χ2v) is 7.03. The Morgan fingerprint density at radius 2 is 1.84 bits per heavy atom. The fourth-order valence-corrected chi connectivity index (χ4v) is 3.20. The van der Waals surface area contributed by atoms with Gasteiger partial charge in [0.1, 0.15) is 5.60 Å². The largest absolute Gasteiger partial charge is 0.459 e. The molecule has 1 fully saturated rings. The van der Waals surface area contributed by atoms with E-state index in [9.17, 15) is 4.79 Å². The van der Waals surface area contributed by atoms with E-state index in [1.165, 1.54) is 17.3 Å². The van der Waals surface area contributed by atoms with Crippen molar-refractivity contribution in [1.82, 2.24) is 5.32 Å². The number of unbranched alkanes of at least 4 members (excludes halogenated alkanes) is 3. The van der Waals surface area contributed by atoms with Gasteiger partial charge in [0, 0.05) is 12.3 Å². The van der Waals surface area contributed by atoms with Crippen molar-refractivity contribution >= 4 is 28.6 Å². The van der Waals surface area contributed by atoms with Gasteiger partial charge in [0.25, 0.3) is 0 Å². The molecule has 0 aliphatic carbocycles. The molecule has 1 N–H and O–H groups in total. The number of carbonyl (C=O) groups excluding carboxylic acids is 1. The van der Waals surface area contributed by atoms with Crippen LogP contribution < -0.4 is 5.32 Å². The quantitative estimate of drug-likeness (QED) is 0.302. The third kappa shape index (κ3) is 6.93. The van der Waals surface area contributed by atoms with Crippen LogP contribution >= 0.6 is 22.6 Å². The molecule has 0 saturated carbocycles. The minimum absolute atomic E-state index is 0.0157. The second kappa shape index (κ2) is 9.16. The van der Waals surface area contributed by atoms with E-state index >= 15 is 0 Å². The molecule has 0 unspecified atom stereocenters. The van der Waals surface area contributed by atoms with E-state index in [0.717, 1.165) is 38.8 Å². The average Bonchev–Trinajstić information content (AvgIpc) is 2.39. The number of hydrogen-bond acceptors (Lipinski definition) is 3. The Morgan fingerprint density at radius 1 is 1.21 bits per heavy atom. The van der Waals surface area contributed by atoms with Crippen molar-refractivity contribution in [2.75, 3.05) is 17.5 Å². The highest BCUT2D eigenvalue weighted by atomic mass is 127. The van der Waals surface area contributed by atoms with Crippen LogP contribution in [0.15, 0.2) is 0 Å². The smallest absolute Gasteiger partial charge is 0.306 e. The summed E-state index contributed by atoms with van der Waals surface area (Å²) in [6, 6.07) is 0.